The highest BCUT2D eigenvalue weighted by atomic mass is 16.5. The van der Waals surface area contributed by atoms with Crippen LogP contribution in [-0.2, 0) is 4.74 Å². The van der Waals surface area contributed by atoms with Crippen LogP contribution in [0.1, 0.15) is 24.3 Å². The largest absolute Gasteiger partial charge is 0.466 e. The summed E-state index contributed by atoms with van der Waals surface area (Å²) >= 11 is 0. The number of benzene rings is 1. The van der Waals surface area contributed by atoms with Gasteiger partial charge in [-0.1, -0.05) is 36.4 Å². The van der Waals surface area contributed by atoms with Crippen LogP contribution in [0.2, 0.25) is 0 Å². The van der Waals surface area contributed by atoms with Gasteiger partial charge in [0.25, 0.3) is 0 Å². The minimum Gasteiger partial charge on any atom is -0.466 e. The molecule has 0 unspecified atom stereocenters. The Morgan fingerprint density at radius 2 is 1.78 bits per heavy atom. The first-order valence-corrected chi connectivity index (χ1v) is 6.05. The van der Waals surface area contributed by atoms with Gasteiger partial charge in [0, 0.05) is 6.20 Å². The Balaban J connectivity index is 1.85. The highest BCUT2D eigenvalue weighted by molar-refractivity contribution is 5.93. The highest BCUT2D eigenvalue weighted by Gasteiger charge is 2.29. The maximum absolute atomic E-state index is 5.93. The maximum Gasteiger partial charge on any atom is 0.236 e. The summed E-state index contributed by atoms with van der Waals surface area (Å²) in [4.78, 5) is 8.82. The second-order valence-electron chi connectivity index (χ2n) is 4.34. The molecule has 2 atom stereocenters. The van der Waals surface area contributed by atoms with E-state index < -0.39 is 0 Å². The van der Waals surface area contributed by atoms with Crippen molar-refractivity contribution in [2.24, 2.45) is 4.99 Å². The fraction of sp³-hybridized carbons (Fsp3) is 0.200. The molecule has 0 aliphatic carbocycles. The second-order valence-corrected chi connectivity index (χ2v) is 4.34. The molecular weight excluding hydrogens is 224 g/mol. The van der Waals surface area contributed by atoms with Crippen LogP contribution in [0, 0.1) is 0 Å². The van der Waals surface area contributed by atoms with Gasteiger partial charge in [-0.3, -0.25) is 4.98 Å². The lowest BCUT2D eigenvalue weighted by molar-refractivity contribution is 0.202. The molecule has 0 saturated carbocycles. The molecule has 0 amide bonds. The molecule has 3 heteroatoms. The predicted octanol–water partition coefficient (Wildman–Crippen LogP) is 2.99. The SMILES string of the molecule is C[C@@H]1N=C(c2ccccn2)O[C@@H]1c1ccccc1. The molecule has 2 heterocycles. The van der Waals surface area contributed by atoms with Crippen molar-refractivity contribution in [2.75, 3.05) is 0 Å². The van der Waals surface area contributed by atoms with E-state index >= 15 is 0 Å². The first-order chi connectivity index (χ1) is 8.84. The maximum atomic E-state index is 5.93. The van der Waals surface area contributed by atoms with Crippen LogP contribution in [0.5, 0.6) is 0 Å². The van der Waals surface area contributed by atoms with Crippen LogP contribution in [0.3, 0.4) is 0 Å². The van der Waals surface area contributed by atoms with Crippen LogP contribution in [0.4, 0.5) is 0 Å². The number of hydrogen-bond acceptors (Lipinski definition) is 3. The first kappa shape index (κ1) is 11.0. The third-order valence-corrected chi connectivity index (χ3v) is 3.01. The lowest BCUT2D eigenvalue weighted by Gasteiger charge is -2.14. The Morgan fingerprint density at radius 1 is 1.00 bits per heavy atom. The second kappa shape index (κ2) is 4.61. The molecule has 0 fully saturated rings. The van der Waals surface area contributed by atoms with Gasteiger partial charge in [0.2, 0.25) is 5.90 Å². The highest BCUT2D eigenvalue weighted by Crippen LogP contribution is 2.30. The van der Waals surface area contributed by atoms with E-state index in [0.717, 1.165) is 11.3 Å². The standard InChI is InChI=1S/C15H14N2O/c1-11-14(12-7-3-2-4-8-12)18-15(17-11)13-9-5-6-10-16-13/h2-11,14H,1H3/t11-,14-/m0/s1. The van der Waals surface area contributed by atoms with E-state index in [9.17, 15) is 0 Å². The van der Waals surface area contributed by atoms with Gasteiger partial charge < -0.3 is 4.74 Å². The number of aromatic nitrogens is 1. The topological polar surface area (TPSA) is 34.5 Å². The fourth-order valence-electron chi connectivity index (χ4n) is 2.11. The lowest BCUT2D eigenvalue weighted by Crippen LogP contribution is -2.11. The molecule has 3 nitrogen and oxygen atoms in total. The molecule has 0 spiro atoms. The molecule has 18 heavy (non-hydrogen) atoms. The first-order valence-electron chi connectivity index (χ1n) is 6.05. The molecule has 90 valence electrons. The van der Waals surface area contributed by atoms with E-state index in [1.54, 1.807) is 6.20 Å². The minimum absolute atomic E-state index is 0.0109. The zero-order chi connectivity index (χ0) is 12.4. The van der Waals surface area contributed by atoms with Crippen molar-refractivity contribution >= 4 is 5.90 Å². The number of nitrogens with zero attached hydrogens (tertiary/aromatic N) is 2. The van der Waals surface area contributed by atoms with Gasteiger partial charge in [-0.2, -0.15) is 0 Å². The Morgan fingerprint density at radius 3 is 2.50 bits per heavy atom. The third kappa shape index (κ3) is 1.99. The summed E-state index contributed by atoms with van der Waals surface area (Å²) in [6.07, 6.45) is 1.74. The van der Waals surface area contributed by atoms with Gasteiger partial charge in [-0.25, -0.2) is 4.99 Å². The monoisotopic (exact) mass is 238 g/mol. The average Bonchev–Trinajstić information content (AvgIpc) is 2.83. The van der Waals surface area contributed by atoms with Gasteiger partial charge in [-0.05, 0) is 24.6 Å². The Hall–Kier alpha value is -2.16. The van der Waals surface area contributed by atoms with Crippen molar-refractivity contribution in [3.63, 3.8) is 0 Å². The summed E-state index contributed by atoms with van der Waals surface area (Å²) in [5.74, 6) is 0.636. The van der Waals surface area contributed by atoms with Crippen molar-refractivity contribution in [3.05, 3.63) is 66.0 Å². The average molecular weight is 238 g/mol. The quantitative estimate of drug-likeness (QED) is 0.806. The van der Waals surface area contributed by atoms with E-state index in [1.165, 1.54) is 0 Å². The Kier molecular flexibility index (Phi) is 2.81. The summed E-state index contributed by atoms with van der Waals surface area (Å²) in [5, 5.41) is 0. The van der Waals surface area contributed by atoms with Crippen LogP contribution in [0.15, 0.2) is 59.7 Å². The van der Waals surface area contributed by atoms with E-state index in [0.29, 0.717) is 5.90 Å². The van der Waals surface area contributed by atoms with Gasteiger partial charge >= 0.3 is 0 Å². The number of hydrogen-bond donors (Lipinski definition) is 0. The summed E-state index contributed by atoms with van der Waals surface area (Å²) in [7, 11) is 0. The van der Waals surface area contributed by atoms with Gasteiger partial charge in [-0.15, -0.1) is 0 Å². The van der Waals surface area contributed by atoms with E-state index in [4.69, 9.17) is 4.74 Å². The molecule has 1 aromatic heterocycles. The third-order valence-electron chi connectivity index (χ3n) is 3.01. The van der Waals surface area contributed by atoms with Crippen molar-refractivity contribution < 1.29 is 4.74 Å². The molecule has 1 aliphatic heterocycles. The molecule has 0 N–H and O–H groups in total. The van der Waals surface area contributed by atoms with E-state index in [1.807, 2.05) is 36.4 Å². The normalized spacial score (nSPS) is 22.4. The zero-order valence-electron chi connectivity index (χ0n) is 10.2. The summed E-state index contributed by atoms with van der Waals surface area (Å²) in [6.45, 7) is 2.06. The number of ether oxygens (including phenoxy) is 1. The number of rotatable bonds is 2. The van der Waals surface area contributed by atoms with Gasteiger partial charge in [0.1, 0.15) is 11.8 Å². The van der Waals surface area contributed by atoms with E-state index in [-0.39, 0.29) is 12.1 Å². The molecule has 0 radical (unpaired) electrons. The van der Waals surface area contributed by atoms with Crippen molar-refractivity contribution in [1.29, 1.82) is 0 Å². The van der Waals surface area contributed by atoms with Crippen molar-refractivity contribution in [1.82, 2.24) is 4.98 Å². The zero-order valence-corrected chi connectivity index (χ0v) is 10.2. The molecule has 0 bridgehead atoms. The Labute approximate surface area is 106 Å². The van der Waals surface area contributed by atoms with Crippen LogP contribution in [0.25, 0.3) is 0 Å². The summed E-state index contributed by atoms with van der Waals surface area (Å²) < 4.78 is 5.93. The predicted molar refractivity (Wildman–Crippen MR) is 70.5 cm³/mol. The Bertz CT molecular complexity index is 551. The molecule has 1 aromatic carbocycles. The molecule has 0 saturated heterocycles. The molecule has 1 aliphatic rings. The van der Waals surface area contributed by atoms with Crippen molar-refractivity contribution in [3.8, 4) is 0 Å². The fourth-order valence-corrected chi connectivity index (χ4v) is 2.11. The minimum atomic E-state index is -0.0109. The van der Waals surface area contributed by atoms with Crippen LogP contribution in [-0.4, -0.2) is 16.9 Å². The number of pyridine rings is 1. The molecule has 3 rings (SSSR count). The summed E-state index contributed by atoms with van der Waals surface area (Å²) in [6, 6.07) is 16.0. The van der Waals surface area contributed by atoms with Crippen LogP contribution >= 0.6 is 0 Å². The van der Waals surface area contributed by atoms with Crippen LogP contribution < -0.4 is 0 Å². The molecule has 2 aromatic rings. The van der Waals surface area contributed by atoms with Gasteiger partial charge in [0.05, 0.1) is 6.04 Å². The number of aliphatic imine (C=N–C) groups is 1. The lowest BCUT2D eigenvalue weighted by atomic mass is 10.0. The van der Waals surface area contributed by atoms with Gasteiger partial charge in [0.15, 0.2) is 0 Å². The van der Waals surface area contributed by atoms with Crippen molar-refractivity contribution in [2.45, 2.75) is 19.1 Å². The smallest absolute Gasteiger partial charge is 0.236 e. The summed E-state index contributed by atoms with van der Waals surface area (Å²) in [5.41, 5.74) is 1.95. The molecular formula is C15H14N2O. The van der Waals surface area contributed by atoms with E-state index in [2.05, 4.69) is 29.0 Å².